The lowest BCUT2D eigenvalue weighted by Gasteiger charge is -2.23. The van der Waals surface area contributed by atoms with Crippen LogP contribution >= 0.6 is 0 Å². The molecule has 0 bridgehead atoms. The average molecular weight is 260 g/mol. The standard InChI is InChI=1S/C11H14F2N2O3/c1-6-2-3-15(10(18)14-6)8-4-7(5-16)9(17)11(8,12)13/h2-3,7-9,16-17H,4-5H2,1H3/t7-,8?,9-/m1/s1. The summed E-state index contributed by atoms with van der Waals surface area (Å²) in [5.41, 5.74) is -0.331. The fraction of sp³-hybridized carbons (Fsp3) is 0.636. The summed E-state index contributed by atoms with van der Waals surface area (Å²) in [6, 6.07) is -0.0129. The Labute approximate surface area is 102 Å². The molecule has 2 N–H and O–H groups in total. The first kappa shape index (κ1) is 13.1. The monoisotopic (exact) mass is 260 g/mol. The Morgan fingerprint density at radius 3 is 2.78 bits per heavy atom. The molecule has 1 aliphatic carbocycles. The molecule has 1 aromatic heterocycles. The van der Waals surface area contributed by atoms with Crippen LogP contribution in [0.1, 0.15) is 18.2 Å². The van der Waals surface area contributed by atoms with Crippen molar-refractivity contribution >= 4 is 0 Å². The van der Waals surface area contributed by atoms with E-state index in [0.29, 0.717) is 5.69 Å². The van der Waals surface area contributed by atoms with E-state index in [4.69, 9.17) is 5.11 Å². The van der Waals surface area contributed by atoms with E-state index in [9.17, 15) is 18.7 Å². The van der Waals surface area contributed by atoms with Crippen LogP contribution in [0.3, 0.4) is 0 Å². The van der Waals surface area contributed by atoms with Crippen LogP contribution in [-0.4, -0.2) is 38.4 Å². The van der Waals surface area contributed by atoms with Crippen LogP contribution in [-0.2, 0) is 0 Å². The molecule has 100 valence electrons. The lowest BCUT2D eigenvalue weighted by molar-refractivity contribution is -0.123. The molecule has 18 heavy (non-hydrogen) atoms. The lowest BCUT2D eigenvalue weighted by Crippen LogP contribution is -2.40. The molecule has 0 aromatic carbocycles. The fourth-order valence-electron chi connectivity index (χ4n) is 2.29. The Morgan fingerprint density at radius 2 is 2.28 bits per heavy atom. The molecular weight excluding hydrogens is 246 g/mol. The van der Waals surface area contributed by atoms with Crippen molar-refractivity contribution in [2.24, 2.45) is 5.92 Å². The van der Waals surface area contributed by atoms with Crippen molar-refractivity contribution in [1.29, 1.82) is 0 Å². The van der Waals surface area contributed by atoms with Gasteiger partial charge in [-0.05, 0) is 19.4 Å². The number of alkyl halides is 2. The summed E-state index contributed by atoms with van der Waals surface area (Å²) in [5, 5.41) is 18.4. The second-order valence-corrected chi connectivity index (χ2v) is 4.57. The van der Waals surface area contributed by atoms with Crippen LogP contribution in [0.2, 0.25) is 0 Å². The molecular formula is C11H14F2N2O3. The van der Waals surface area contributed by atoms with Gasteiger partial charge in [0.15, 0.2) is 0 Å². The molecule has 1 aromatic rings. The zero-order valence-corrected chi connectivity index (χ0v) is 9.75. The van der Waals surface area contributed by atoms with E-state index in [1.807, 2.05) is 0 Å². The van der Waals surface area contributed by atoms with Crippen molar-refractivity contribution in [3.63, 3.8) is 0 Å². The molecule has 1 saturated carbocycles. The van der Waals surface area contributed by atoms with Crippen molar-refractivity contribution in [3.8, 4) is 0 Å². The van der Waals surface area contributed by atoms with Crippen molar-refractivity contribution in [3.05, 3.63) is 28.4 Å². The van der Waals surface area contributed by atoms with Crippen LogP contribution in [0.4, 0.5) is 8.78 Å². The van der Waals surface area contributed by atoms with Crippen LogP contribution < -0.4 is 5.69 Å². The zero-order chi connectivity index (χ0) is 13.5. The predicted octanol–water partition coefficient (Wildman–Crippen LogP) is 0.101. The summed E-state index contributed by atoms with van der Waals surface area (Å²) in [6.07, 6.45) is -0.855. The maximum atomic E-state index is 13.9. The largest absolute Gasteiger partial charge is 0.396 e. The number of halogens is 2. The summed E-state index contributed by atoms with van der Waals surface area (Å²) >= 11 is 0. The summed E-state index contributed by atoms with van der Waals surface area (Å²) in [4.78, 5) is 15.2. The van der Waals surface area contributed by atoms with Gasteiger partial charge in [0, 0.05) is 24.4 Å². The average Bonchev–Trinajstić information content (AvgIpc) is 2.52. The third-order valence-corrected chi connectivity index (χ3v) is 3.35. The molecule has 0 spiro atoms. The highest BCUT2D eigenvalue weighted by molar-refractivity contribution is 5.04. The van der Waals surface area contributed by atoms with Crippen molar-refractivity contribution in [2.75, 3.05) is 6.61 Å². The molecule has 1 heterocycles. The summed E-state index contributed by atoms with van der Waals surface area (Å²) in [6.45, 7) is 1.05. The van der Waals surface area contributed by atoms with Gasteiger partial charge >= 0.3 is 5.69 Å². The van der Waals surface area contributed by atoms with Gasteiger partial charge in [0.1, 0.15) is 12.1 Å². The van der Waals surface area contributed by atoms with Gasteiger partial charge in [-0.2, -0.15) is 4.98 Å². The SMILES string of the molecule is Cc1ccn(C2C[C@H](CO)[C@@H](O)C2(F)F)c(=O)n1. The maximum Gasteiger partial charge on any atom is 0.348 e. The topological polar surface area (TPSA) is 75.3 Å². The van der Waals surface area contributed by atoms with Gasteiger partial charge in [0.05, 0.1) is 0 Å². The molecule has 7 heteroatoms. The van der Waals surface area contributed by atoms with E-state index in [-0.39, 0.29) is 6.42 Å². The Hall–Kier alpha value is -1.34. The lowest BCUT2D eigenvalue weighted by atomic mass is 10.1. The number of rotatable bonds is 2. The highest BCUT2D eigenvalue weighted by atomic mass is 19.3. The number of aliphatic hydroxyl groups excluding tert-OH is 2. The highest BCUT2D eigenvalue weighted by Crippen LogP contribution is 2.46. The first-order valence-corrected chi connectivity index (χ1v) is 5.60. The number of hydrogen-bond donors (Lipinski definition) is 2. The van der Waals surface area contributed by atoms with E-state index >= 15 is 0 Å². The van der Waals surface area contributed by atoms with Crippen molar-refractivity contribution < 1.29 is 19.0 Å². The van der Waals surface area contributed by atoms with Crippen LogP contribution in [0.5, 0.6) is 0 Å². The zero-order valence-electron chi connectivity index (χ0n) is 9.75. The van der Waals surface area contributed by atoms with E-state index in [2.05, 4.69) is 4.98 Å². The van der Waals surface area contributed by atoms with E-state index < -0.39 is 36.3 Å². The first-order chi connectivity index (χ1) is 8.37. The van der Waals surface area contributed by atoms with Gasteiger partial charge in [0.2, 0.25) is 0 Å². The van der Waals surface area contributed by atoms with Crippen LogP contribution in [0, 0.1) is 12.8 Å². The summed E-state index contributed by atoms with van der Waals surface area (Å²) in [7, 11) is 0. The van der Waals surface area contributed by atoms with Crippen molar-refractivity contribution in [1.82, 2.24) is 9.55 Å². The maximum absolute atomic E-state index is 13.9. The minimum absolute atomic E-state index is 0.157. The van der Waals surface area contributed by atoms with Gasteiger partial charge < -0.3 is 10.2 Å². The number of nitrogens with zero attached hydrogens (tertiary/aromatic N) is 2. The molecule has 0 aliphatic heterocycles. The third-order valence-electron chi connectivity index (χ3n) is 3.35. The quantitative estimate of drug-likeness (QED) is 0.791. The number of aliphatic hydroxyl groups is 2. The molecule has 1 unspecified atom stereocenters. The molecule has 0 radical (unpaired) electrons. The Balaban J connectivity index is 2.42. The molecule has 0 amide bonds. The Kier molecular flexibility index (Phi) is 3.20. The van der Waals surface area contributed by atoms with Crippen molar-refractivity contribution in [2.45, 2.75) is 31.4 Å². The van der Waals surface area contributed by atoms with Crippen LogP contribution in [0.15, 0.2) is 17.1 Å². The fourth-order valence-corrected chi connectivity index (χ4v) is 2.29. The molecule has 5 nitrogen and oxygen atoms in total. The van der Waals surface area contributed by atoms with Gasteiger partial charge in [-0.25, -0.2) is 13.6 Å². The molecule has 0 saturated heterocycles. The predicted molar refractivity (Wildman–Crippen MR) is 58.4 cm³/mol. The van der Waals surface area contributed by atoms with Gasteiger partial charge in [-0.1, -0.05) is 0 Å². The second kappa shape index (κ2) is 4.40. The second-order valence-electron chi connectivity index (χ2n) is 4.57. The highest BCUT2D eigenvalue weighted by Gasteiger charge is 2.57. The van der Waals surface area contributed by atoms with E-state index in [1.54, 1.807) is 6.92 Å². The first-order valence-electron chi connectivity index (χ1n) is 5.60. The van der Waals surface area contributed by atoms with Gasteiger partial charge in [-0.3, -0.25) is 4.57 Å². The Bertz CT molecular complexity index is 503. The number of aryl methyl sites for hydroxylation is 1. The molecule has 2 rings (SSSR count). The van der Waals surface area contributed by atoms with Gasteiger partial charge in [-0.15, -0.1) is 0 Å². The third kappa shape index (κ3) is 1.93. The Morgan fingerprint density at radius 1 is 1.61 bits per heavy atom. The van der Waals surface area contributed by atoms with Crippen LogP contribution in [0.25, 0.3) is 0 Å². The summed E-state index contributed by atoms with van der Waals surface area (Å²) in [5.74, 6) is -4.38. The molecule has 1 fully saturated rings. The molecule has 3 atom stereocenters. The summed E-state index contributed by atoms with van der Waals surface area (Å²) < 4.78 is 28.5. The minimum Gasteiger partial charge on any atom is -0.396 e. The van der Waals surface area contributed by atoms with E-state index in [0.717, 1.165) is 4.57 Å². The molecule has 1 aliphatic rings. The normalized spacial score (nSPS) is 30.6. The smallest absolute Gasteiger partial charge is 0.348 e. The number of aromatic nitrogens is 2. The van der Waals surface area contributed by atoms with E-state index in [1.165, 1.54) is 12.3 Å². The minimum atomic E-state index is -3.45. The number of hydrogen-bond acceptors (Lipinski definition) is 4. The van der Waals surface area contributed by atoms with Gasteiger partial charge in [0.25, 0.3) is 5.92 Å².